The Morgan fingerprint density at radius 3 is 2.69 bits per heavy atom. The normalized spacial score (nSPS) is 21.3. The average molecular weight is 376 g/mol. The number of nitrogens with two attached hydrogens (primary N) is 1. The molecule has 1 amide bonds. The topological polar surface area (TPSA) is 76.8 Å². The van der Waals surface area contributed by atoms with Gasteiger partial charge in [0, 0.05) is 36.8 Å². The predicted molar refractivity (Wildman–Crippen MR) is 102 cm³/mol. The number of anilines is 1. The molecule has 2 aliphatic rings. The molecule has 0 radical (unpaired) electrons. The lowest BCUT2D eigenvalue weighted by Crippen LogP contribution is -2.33. The minimum Gasteiger partial charge on any atom is -0.454 e. The fourth-order valence-corrected chi connectivity index (χ4v) is 3.47. The van der Waals surface area contributed by atoms with Crippen LogP contribution < -0.4 is 20.5 Å². The third kappa shape index (κ3) is 3.93. The molecule has 1 saturated heterocycles. The number of nitrogens with one attached hydrogen (secondary N) is 1. The molecule has 0 aliphatic carbocycles. The van der Waals surface area contributed by atoms with Gasteiger partial charge in [0.15, 0.2) is 11.5 Å². The van der Waals surface area contributed by atoms with Crippen LogP contribution in [-0.2, 0) is 4.79 Å². The van der Waals surface area contributed by atoms with E-state index in [0.717, 1.165) is 6.54 Å². The first-order valence-corrected chi connectivity index (χ1v) is 8.41. The van der Waals surface area contributed by atoms with Crippen molar-refractivity contribution in [3.05, 3.63) is 54.1 Å². The fourth-order valence-electron chi connectivity index (χ4n) is 3.47. The highest BCUT2D eigenvalue weighted by Gasteiger charge is 2.32. The molecule has 0 bridgehead atoms. The molecule has 2 heterocycles. The second-order valence-electron chi connectivity index (χ2n) is 6.49. The number of hydrogen-bond acceptors (Lipinski definition) is 5. The van der Waals surface area contributed by atoms with Crippen molar-refractivity contribution in [2.45, 2.75) is 12.0 Å². The highest BCUT2D eigenvalue weighted by Crippen LogP contribution is 2.34. The van der Waals surface area contributed by atoms with E-state index < -0.39 is 0 Å². The number of halogens is 1. The van der Waals surface area contributed by atoms with E-state index in [-0.39, 0.29) is 37.1 Å². The quantitative estimate of drug-likeness (QED) is 0.856. The fraction of sp³-hybridized carbons (Fsp3) is 0.316. The van der Waals surface area contributed by atoms with Crippen LogP contribution in [0.25, 0.3) is 0 Å². The Kier molecular flexibility index (Phi) is 5.66. The number of carbonyl (C=O) groups excluding carboxylic acids is 1. The summed E-state index contributed by atoms with van der Waals surface area (Å²) in [6, 6.07) is 15.7. The molecule has 3 N–H and O–H groups in total. The molecule has 0 saturated carbocycles. The zero-order valence-corrected chi connectivity index (χ0v) is 15.1. The van der Waals surface area contributed by atoms with E-state index in [1.54, 1.807) is 12.1 Å². The maximum absolute atomic E-state index is 12.4. The van der Waals surface area contributed by atoms with E-state index in [4.69, 9.17) is 15.2 Å². The average Bonchev–Trinajstić information content (AvgIpc) is 3.21. The Morgan fingerprint density at radius 2 is 1.88 bits per heavy atom. The highest BCUT2D eigenvalue weighted by molar-refractivity contribution is 5.92. The van der Waals surface area contributed by atoms with Crippen molar-refractivity contribution >= 4 is 24.0 Å². The molecule has 0 unspecified atom stereocenters. The van der Waals surface area contributed by atoms with Gasteiger partial charge in [0.05, 0.1) is 6.54 Å². The number of ether oxygens (including phenoxy) is 2. The van der Waals surface area contributed by atoms with Crippen LogP contribution in [0.3, 0.4) is 0 Å². The number of amides is 1. The first-order valence-electron chi connectivity index (χ1n) is 8.41. The van der Waals surface area contributed by atoms with Gasteiger partial charge in [-0.1, -0.05) is 30.3 Å². The first kappa shape index (κ1) is 18.5. The molecule has 4 rings (SSSR count). The summed E-state index contributed by atoms with van der Waals surface area (Å²) in [4.78, 5) is 14.5. The van der Waals surface area contributed by atoms with Crippen LogP contribution in [0, 0.1) is 0 Å². The lowest BCUT2D eigenvalue weighted by atomic mass is 9.95. The van der Waals surface area contributed by atoms with Gasteiger partial charge in [-0.2, -0.15) is 0 Å². The molecule has 7 heteroatoms. The molecule has 2 aromatic rings. The molecule has 138 valence electrons. The molecule has 2 aliphatic heterocycles. The number of fused-ring (bicyclic) bond motifs is 1. The SMILES string of the molecule is Cl.N[C@@H]1CN(CC(=O)Nc2ccc3c(c2)OCO3)C[C@H]1c1ccccc1. The van der Waals surface area contributed by atoms with Crippen molar-refractivity contribution in [2.24, 2.45) is 5.73 Å². The summed E-state index contributed by atoms with van der Waals surface area (Å²) in [7, 11) is 0. The zero-order valence-electron chi connectivity index (χ0n) is 14.3. The van der Waals surface area contributed by atoms with E-state index in [2.05, 4.69) is 22.3 Å². The van der Waals surface area contributed by atoms with E-state index in [1.165, 1.54) is 5.56 Å². The predicted octanol–water partition coefficient (Wildman–Crippen LogP) is 2.20. The Bertz CT molecular complexity index is 772. The molecular weight excluding hydrogens is 354 g/mol. The number of nitrogens with zero attached hydrogens (tertiary/aromatic N) is 1. The summed E-state index contributed by atoms with van der Waals surface area (Å²) < 4.78 is 10.6. The Labute approximate surface area is 158 Å². The Morgan fingerprint density at radius 1 is 1.12 bits per heavy atom. The highest BCUT2D eigenvalue weighted by atomic mass is 35.5. The van der Waals surface area contributed by atoms with Crippen molar-refractivity contribution in [3.63, 3.8) is 0 Å². The third-order valence-corrected chi connectivity index (χ3v) is 4.69. The van der Waals surface area contributed by atoms with Gasteiger partial charge < -0.3 is 20.5 Å². The lowest BCUT2D eigenvalue weighted by molar-refractivity contribution is -0.117. The van der Waals surface area contributed by atoms with Gasteiger partial charge in [0.1, 0.15) is 0 Å². The summed E-state index contributed by atoms with van der Waals surface area (Å²) in [5, 5.41) is 2.91. The van der Waals surface area contributed by atoms with Crippen molar-refractivity contribution in [2.75, 3.05) is 31.7 Å². The second-order valence-corrected chi connectivity index (χ2v) is 6.49. The van der Waals surface area contributed by atoms with E-state index in [9.17, 15) is 4.79 Å². The number of likely N-dealkylation sites (tertiary alicyclic amines) is 1. The van der Waals surface area contributed by atoms with Crippen LogP contribution in [0.2, 0.25) is 0 Å². The minimum atomic E-state index is -0.0558. The molecule has 6 nitrogen and oxygen atoms in total. The van der Waals surface area contributed by atoms with E-state index in [0.29, 0.717) is 30.3 Å². The first-order chi connectivity index (χ1) is 12.2. The maximum Gasteiger partial charge on any atom is 0.238 e. The van der Waals surface area contributed by atoms with Gasteiger partial charge in [-0.15, -0.1) is 12.4 Å². The maximum atomic E-state index is 12.4. The van der Waals surface area contributed by atoms with Crippen LogP contribution >= 0.6 is 12.4 Å². The lowest BCUT2D eigenvalue weighted by Gasteiger charge is -2.16. The van der Waals surface area contributed by atoms with Crippen molar-refractivity contribution in [3.8, 4) is 11.5 Å². The van der Waals surface area contributed by atoms with Crippen molar-refractivity contribution in [1.82, 2.24) is 4.90 Å². The number of carbonyl (C=O) groups is 1. The van der Waals surface area contributed by atoms with Crippen molar-refractivity contribution < 1.29 is 14.3 Å². The number of hydrogen-bond donors (Lipinski definition) is 2. The van der Waals surface area contributed by atoms with Crippen LogP contribution in [0.4, 0.5) is 5.69 Å². The van der Waals surface area contributed by atoms with Gasteiger partial charge in [0.2, 0.25) is 12.7 Å². The number of rotatable bonds is 4. The van der Waals surface area contributed by atoms with Crippen molar-refractivity contribution in [1.29, 1.82) is 0 Å². The molecule has 0 aromatic heterocycles. The van der Waals surface area contributed by atoms with Gasteiger partial charge in [-0.05, 0) is 17.7 Å². The smallest absolute Gasteiger partial charge is 0.238 e. The van der Waals surface area contributed by atoms with Crippen LogP contribution in [0.5, 0.6) is 11.5 Å². The summed E-state index contributed by atoms with van der Waals surface area (Å²) in [6.07, 6.45) is 0. The van der Waals surface area contributed by atoms with Gasteiger partial charge in [-0.3, -0.25) is 9.69 Å². The van der Waals surface area contributed by atoms with Crippen LogP contribution in [0.15, 0.2) is 48.5 Å². The van der Waals surface area contributed by atoms with Crippen LogP contribution in [0.1, 0.15) is 11.5 Å². The molecule has 0 spiro atoms. The molecule has 26 heavy (non-hydrogen) atoms. The monoisotopic (exact) mass is 375 g/mol. The summed E-state index contributed by atoms with van der Waals surface area (Å²) >= 11 is 0. The van der Waals surface area contributed by atoms with Gasteiger partial charge >= 0.3 is 0 Å². The van der Waals surface area contributed by atoms with E-state index >= 15 is 0 Å². The largest absolute Gasteiger partial charge is 0.454 e. The summed E-state index contributed by atoms with van der Waals surface area (Å²) in [5.41, 5.74) is 8.22. The summed E-state index contributed by atoms with van der Waals surface area (Å²) in [5.74, 6) is 1.57. The summed E-state index contributed by atoms with van der Waals surface area (Å²) in [6.45, 7) is 2.05. The second kappa shape index (κ2) is 7.95. The van der Waals surface area contributed by atoms with E-state index in [1.807, 2.05) is 24.3 Å². The van der Waals surface area contributed by atoms with Gasteiger partial charge in [-0.25, -0.2) is 0 Å². The Hall–Kier alpha value is -2.28. The zero-order chi connectivity index (χ0) is 17.2. The molecule has 2 atom stereocenters. The Balaban J connectivity index is 0.00000196. The van der Waals surface area contributed by atoms with Crippen LogP contribution in [-0.4, -0.2) is 43.3 Å². The minimum absolute atomic E-state index is 0. The molecule has 2 aromatic carbocycles. The molecule has 1 fully saturated rings. The third-order valence-electron chi connectivity index (χ3n) is 4.69. The van der Waals surface area contributed by atoms with Gasteiger partial charge in [0.25, 0.3) is 0 Å². The standard InChI is InChI=1S/C19H21N3O3.ClH/c20-16-10-22(9-15(16)13-4-2-1-3-5-13)11-19(23)21-14-6-7-17-18(8-14)25-12-24-17;/h1-8,15-16H,9-12,20H2,(H,21,23);1H/t15-,16+;/m0./s1. The molecular formula is C19H22ClN3O3. The number of benzene rings is 2.